The minimum absolute atomic E-state index is 0.0737. The van der Waals surface area contributed by atoms with Crippen LogP contribution in [0.15, 0.2) is 60.7 Å². The molecule has 2 aromatic carbocycles. The maximum atomic E-state index is 11.9. The number of ketones is 1. The second-order valence-electron chi connectivity index (χ2n) is 5.61. The summed E-state index contributed by atoms with van der Waals surface area (Å²) in [7, 11) is 0. The molecule has 0 fully saturated rings. The van der Waals surface area contributed by atoms with E-state index in [4.69, 9.17) is 0 Å². The van der Waals surface area contributed by atoms with Crippen molar-refractivity contribution < 1.29 is 14.4 Å². The van der Waals surface area contributed by atoms with Crippen LogP contribution < -0.4 is 4.90 Å². The van der Waals surface area contributed by atoms with Crippen molar-refractivity contribution in [2.75, 3.05) is 4.90 Å². The summed E-state index contributed by atoms with van der Waals surface area (Å²) >= 11 is 0. The summed E-state index contributed by atoms with van der Waals surface area (Å²) in [5.74, 6) is -0.716. The van der Waals surface area contributed by atoms with E-state index in [-0.39, 0.29) is 17.6 Å². The molecular formula is C20H19NO3. The van der Waals surface area contributed by atoms with E-state index in [0.29, 0.717) is 16.8 Å². The number of nitrogens with zero attached hydrogens (tertiary/aromatic N) is 1. The third-order valence-corrected chi connectivity index (χ3v) is 3.62. The van der Waals surface area contributed by atoms with Crippen molar-refractivity contribution in [1.29, 1.82) is 0 Å². The van der Waals surface area contributed by atoms with Gasteiger partial charge in [-0.2, -0.15) is 0 Å². The van der Waals surface area contributed by atoms with E-state index >= 15 is 0 Å². The summed E-state index contributed by atoms with van der Waals surface area (Å²) in [6, 6.07) is 14.4. The monoisotopic (exact) mass is 321 g/mol. The Bertz CT molecular complexity index is 788. The average molecular weight is 321 g/mol. The van der Waals surface area contributed by atoms with Gasteiger partial charge in [0.25, 0.3) is 0 Å². The number of rotatable bonds is 4. The molecule has 0 unspecified atom stereocenters. The van der Waals surface area contributed by atoms with Crippen LogP contribution >= 0.6 is 0 Å². The quantitative estimate of drug-likeness (QED) is 0.631. The Hall–Kier alpha value is -3.01. The van der Waals surface area contributed by atoms with Gasteiger partial charge in [-0.1, -0.05) is 43.0 Å². The summed E-state index contributed by atoms with van der Waals surface area (Å²) in [5.41, 5.74) is 3.51. The normalized spacial score (nSPS) is 10.1. The van der Waals surface area contributed by atoms with Crippen molar-refractivity contribution in [3.8, 4) is 11.1 Å². The zero-order chi connectivity index (χ0) is 17.9. The fourth-order valence-corrected chi connectivity index (χ4v) is 2.45. The Labute approximate surface area is 141 Å². The number of benzene rings is 2. The van der Waals surface area contributed by atoms with Crippen molar-refractivity contribution in [3.05, 3.63) is 66.2 Å². The van der Waals surface area contributed by atoms with Crippen LogP contribution in [0.1, 0.15) is 31.1 Å². The maximum absolute atomic E-state index is 11.9. The van der Waals surface area contributed by atoms with E-state index in [1.165, 1.54) is 13.8 Å². The predicted molar refractivity (Wildman–Crippen MR) is 94.9 cm³/mol. The third-order valence-electron chi connectivity index (χ3n) is 3.62. The van der Waals surface area contributed by atoms with Crippen LogP contribution in [0, 0.1) is 0 Å². The van der Waals surface area contributed by atoms with Gasteiger partial charge in [0.05, 0.1) is 5.69 Å². The highest BCUT2D eigenvalue weighted by Crippen LogP contribution is 2.24. The molecule has 0 aromatic heterocycles. The molecule has 0 atom stereocenters. The molecule has 0 aliphatic rings. The van der Waals surface area contributed by atoms with Crippen LogP contribution in [-0.4, -0.2) is 17.6 Å². The van der Waals surface area contributed by atoms with E-state index in [1.54, 1.807) is 31.2 Å². The first-order valence-electron chi connectivity index (χ1n) is 7.53. The van der Waals surface area contributed by atoms with Gasteiger partial charge in [-0.3, -0.25) is 19.3 Å². The van der Waals surface area contributed by atoms with Gasteiger partial charge in [0.15, 0.2) is 5.78 Å². The smallest absolute Gasteiger partial charge is 0.230 e. The number of carbonyl (C=O) groups excluding carboxylic acids is 3. The summed E-state index contributed by atoms with van der Waals surface area (Å²) in [6.07, 6.45) is 0. The van der Waals surface area contributed by atoms with Crippen LogP contribution in [-0.2, 0) is 9.59 Å². The summed E-state index contributed by atoms with van der Waals surface area (Å²) < 4.78 is 0. The largest absolute Gasteiger partial charge is 0.289 e. The molecule has 2 aromatic rings. The summed E-state index contributed by atoms with van der Waals surface area (Å²) in [5, 5.41) is 0. The molecule has 122 valence electrons. The predicted octanol–water partition coefficient (Wildman–Crippen LogP) is 4.01. The number of imide groups is 1. The van der Waals surface area contributed by atoms with E-state index < -0.39 is 0 Å². The molecule has 0 aliphatic heterocycles. The van der Waals surface area contributed by atoms with Gasteiger partial charge in [-0.05, 0) is 35.8 Å². The van der Waals surface area contributed by atoms with E-state index in [1.807, 2.05) is 24.3 Å². The number of Topliss-reactive ketones (excluding diaryl/α,β-unsaturated/α-hetero) is 1. The highest BCUT2D eigenvalue weighted by molar-refractivity contribution is 6.13. The Morgan fingerprint density at radius 3 is 1.54 bits per heavy atom. The number of hydrogen-bond acceptors (Lipinski definition) is 3. The molecule has 24 heavy (non-hydrogen) atoms. The molecule has 0 aliphatic carbocycles. The van der Waals surface area contributed by atoms with Gasteiger partial charge in [0.1, 0.15) is 0 Å². The Kier molecular flexibility index (Phi) is 5.09. The Balaban J connectivity index is 2.28. The van der Waals surface area contributed by atoms with Gasteiger partial charge in [-0.25, -0.2) is 0 Å². The van der Waals surface area contributed by atoms with Crippen LogP contribution in [0.4, 0.5) is 5.69 Å². The second-order valence-corrected chi connectivity index (χ2v) is 5.61. The van der Waals surface area contributed by atoms with Crippen molar-refractivity contribution in [1.82, 2.24) is 0 Å². The fraction of sp³-hybridized carbons (Fsp3) is 0.150. The average Bonchev–Trinajstić information content (AvgIpc) is 2.54. The molecule has 0 N–H and O–H groups in total. The van der Waals surface area contributed by atoms with Crippen LogP contribution in [0.3, 0.4) is 0 Å². The molecular weight excluding hydrogens is 302 g/mol. The van der Waals surface area contributed by atoms with Gasteiger partial charge in [0.2, 0.25) is 11.8 Å². The van der Waals surface area contributed by atoms with Crippen molar-refractivity contribution >= 4 is 23.3 Å². The first-order chi connectivity index (χ1) is 11.3. The minimum Gasteiger partial charge on any atom is -0.289 e. The van der Waals surface area contributed by atoms with Crippen molar-refractivity contribution in [2.45, 2.75) is 20.8 Å². The Morgan fingerprint density at radius 1 is 0.750 bits per heavy atom. The standard InChI is InChI=1S/C20H19NO3/c1-13(2)20(24)18-7-5-16(6-8-18)17-9-11-19(12-10-17)21(14(3)22)15(4)23/h5-12H,1H2,2-4H3. The first-order valence-corrected chi connectivity index (χ1v) is 7.53. The third kappa shape index (κ3) is 3.66. The van der Waals surface area contributed by atoms with E-state index in [9.17, 15) is 14.4 Å². The fourth-order valence-electron chi connectivity index (χ4n) is 2.45. The van der Waals surface area contributed by atoms with Gasteiger partial charge in [0, 0.05) is 19.4 Å². The van der Waals surface area contributed by atoms with E-state index in [0.717, 1.165) is 16.0 Å². The molecule has 0 saturated heterocycles. The topological polar surface area (TPSA) is 54.5 Å². The van der Waals surface area contributed by atoms with Crippen molar-refractivity contribution in [2.24, 2.45) is 0 Å². The summed E-state index contributed by atoms with van der Waals surface area (Å²) in [4.78, 5) is 36.1. The highest BCUT2D eigenvalue weighted by Gasteiger charge is 2.16. The van der Waals surface area contributed by atoms with Crippen molar-refractivity contribution in [3.63, 3.8) is 0 Å². The molecule has 4 nitrogen and oxygen atoms in total. The van der Waals surface area contributed by atoms with Gasteiger partial charge >= 0.3 is 0 Å². The number of hydrogen-bond donors (Lipinski definition) is 0. The molecule has 2 rings (SSSR count). The zero-order valence-electron chi connectivity index (χ0n) is 14.0. The number of allylic oxidation sites excluding steroid dienone is 1. The molecule has 4 heteroatoms. The number of anilines is 1. The van der Waals surface area contributed by atoms with Gasteiger partial charge < -0.3 is 0 Å². The molecule has 0 heterocycles. The zero-order valence-corrected chi connectivity index (χ0v) is 14.0. The van der Waals surface area contributed by atoms with Crippen LogP contribution in [0.2, 0.25) is 0 Å². The lowest BCUT2D eigenvalue weighted by Gasteiger charge is -2.17. The molecule has 0 radical (unpaired) electrons. The van der Waals surface area contributed by atoms with Crippen LogP contribution in [0.25, 0.3) is 11.1 Å². The highest BCUT2D eigenvalue weighted by atomic mass is 16.2. The van der Waals surface area contributed by atoms with Crippen LogP contribution in [0.5, 0.6) is 0 Å². The molecule has 0 bridgehead atoms. The SMILES string of the molecule is C=C(C)C(=O)c1ccc(-c2ccc(N(C(C)=O)C(C)=O)cc2)cc1. The second kappa shape index (κ2) is 7.04. The summed E-state index contributed by atoms with van der Waals surface area (Å²) in [6.45, 7) is 8.05. The van der Waals surface area contributed by atoms with Gasteiger partial charge in [-0.15, -0.1) is 0 Å². The maximum Gasteiger partial charge on any atom is 0.230 e. The first kappa shape index (κ1) is 17.3. The number of amides is 2. The Morgan fingerprint density at radius 2 is 1.17 bits per heavy atom. The number of carbonyl (C=O) groups is 3. The molecule has 0 saturated carbocycles. The minimum atomic E-state index is -0.321. The molecule has 2 amide bonds. The lowest BCUT2D eigenvalue weighted by Crippen LogP contribution is -2.32. The molecule has 0 spiro atoms. The lowest BCUT2D eigenvalue weighted by molar-refractivity contribution is -0.124. The van der Waals surface area contributed by atoms with E-state index in [2.05, 4.69) is 6.58 Å². The lowest BCUT2D eigenvalue weighted by atomic mass is 10.0.